The number of rotatable bonds is 4. The molecule has 0 saturated carbocycles. The van der Waals surface area contributed by atoms with Crippen LogP contribution in [0.2, 0.25) is 0 Å². The fourth-order valence-corrected chi connectivity index (χ4v) is 4.06. The zero-order valence-electron chi connectivity index (χ0n) is 18.9. The summed E-state index contributed by atoms with van der Waals surface area (Å²) in [7, 11) is 0. The highest BCUT2D eigenvalue weighted by Gasteiger charge is 2.18. The number of carbonyl (C=O) groups excluding carboxylic acids is 1. The average molecular weight is 463 g/mol. The fraction of sp³-hybridized carbons (Fsp3) is 0.185. The molecular formula is C27H22N6O2. The highest BCUT2D eigenvalue weighted by atomic mass is 16.5. The number of nitriles is 1. The monoisotopic (exact) mass is 462 g/mol. The number of carbonyl (C=O) groups is 1. The van der Waals surface area contributed by atoms with Gasteiger partial charge in [0.25, 0.3) is 0 Å². The molecule has 1 saturated heterocycles. The molecule has 0 radical (unpaired) electrons. The van der Waals surface area contributed by atoms with Crippen LogP contribution in [0.5, 0.6) is 0 Å². The molecule has 0 bridgehead atoms. The van der Waals surface area contributed by atoms with Crippen LogP contribution >= 0.6 is 0 Å². The van der Waals surface area contributed by atoms with Gasteiger partial charge in [-0.3, -0.25) is 9.48 Å². The van der Waals surface area contributed by atoms with Gasteiger partial charge in [-0.25, -0.2) is 4.52 Å². The Morgan fingerprint density at radius 3 is 2.63 bits per heavy atom. The third-order valence-corrected chi connectivity index (χ3v) is 5.91. The summed E-state index contributed by atoms with van der Waals surface area (Å²) in [5.74, 6) is 6.09. The van der Waals surface area contributed by atoms with E-state index in [1.165, 1.54) is 6.08 Å². The van der Waals surface area contributed by atoms with E-state index in [2.05, 4.69) is 40.0 Å². The molecule has 0 aliphatic carbocycles. The van der Waals surface area contributed by atoms with Gasteiger partial charge in [0.1, 0.15) is 6.07 Å². The minimum atomic E-state index is -0.270. The maximum atomic E-state index is 11.5. The number of benzene rings is 1. The summed E-state index contributed by atoms with van der Waals surface area (Å²) in [5.41, 5.74) is 5.12. The van der Waals surface area contributed by atoms with Gasteiger partial charge in [-0.05, 0) is 49.2 Å². The van der Waals surface area contributed by atoms with Crippen LogP contribution in [0.1, 0.15) is 35.6 Å². The minimum absolute atomic E-state index is 0.270. The second kappa shape index (κ2) is 9.68. The number of ether oxygens (including phenoxy) is 1. The molecule has 3 aromatic heterocycles. The maximum Gasteiger partial charge on any atom is 0.247 e. The Morgan fingerprint density at radius 1 is 1.09 bits per heavy atom. The lowest BCUT2D eigenvalue weighted by Crippen LogP contribution is -2.19. The fourth-order valence-electron chi connectivity index (χ4n) is 4.06. The van der Waals surface area contributed by atoms with Gasteiger partial charge in [-0.2, -0.15) is 15.5 Å². The molecule has 0 unspecified atom stereocenters. The number of amides is 1. The van der Waals surface area contributed by atoms with Crippen LogP contribution in [0.25, 0.3) is 16.6 Å². The van der Waals surface area contributed by atoms with Crippen molar-refractivity contribution < 1.29 is 9.53 Å². The average Bonchev–Trinajstić information content (AvgIpc) is 3.56. The molecule has 1 aliphatic heterocycles. The SMILES string of the molecule is C=CC(=O)Nc1ccc(C#Cc2cc(-c3cnn(C4CCOCC4)c3)cn3ncc(C#N)c23)cc1. The predicted octanol–water partition coefficient (Wildman–Crippen LogP) is 3.95. The molecule has 5 rings (SSSR count). The molecule has 1 aliphatic rings. The van der Waals surface area contributed by atoms with Crippen molar-refractivity contribution in [3.63, 3.8) is 0 Å². The van der Waals surface area contributed by atoms with Crippen LogP contribution < -0.4 is 5.32 Å². The van der Waals surface area contributed by atoms with Crippen molar-refractivity contribution in [2.24, 2.45) is 0 Å². The minimum Gasteiger partial charge on any atom is -0.381 e. The Kier molecular flexibility index (Phi) is 6.13. The number of aromatic nitrogens is 4. The van der Waals surface area contributed by atoms with Crippen LogP contribution in [-0.2, 0) is 9.53 Å². The largest absolute Gasteiger partial charge is 0.381 e. The van der Waals surface area contributed by atoms with Gasteiger partial charge in [-0.15, -0.1) is 0 Å². The van der Waals surface area contributed by atoms with E-state index in [1.807, 2.05) is 41.5 Å². The topological polar surface area (TPSA) is 97.2 Å². The van der Waals surface area contributed by atoms with Crippen LogP contribution in [-0.4, -0.2) is 38.5 Å². The Morgan fingerprint density at radius 2 is 1.89 bits per heavy atom. The number of fused-ring (bicyclic) bond motifs is 1. The van der Waals surface area contributed by atoms with Crippen molar-refractivity contribution in [1.82, 2.24) is 19.4 Å². The predicted molar refractivity (Wildman–Crippen MR) is 131 cm³/mol. The molecule has 1 amide bonds. The van der Waals surface area contributed by atoms with E-state index in [1.54, 1.807) is 22.8 Å². The first kappa shape index (κ1) is 22.1. The summed E-state index contributed by atoms with van der Waals surface area (Å²) < 4.78 is 9.16. The highest BCUT2D eigenvalue weighted by molar-refractivity contribution is 5.98. The van der Waals surface area contributed by atoms with Gasteiger partial charge in [0.2, 0.25) is 5.91 Å². The first-order valence-corrected chi connectivity index (χ1v) is 11.2. The van der Waals surface area contributed by atoms with Gasteiger partial charge in [0.15, 0.2) is 0 Å². The number of nitrogens with zero attached hydrogens (tertiary/aromatic N) is 5. The summed E-state index contributed by atoms with van der Waals surface area (Å²) in [6.07, 6.45) is 10.4. The molecule has 0 spiro atoms. The zero-order chi connectivity index (χ0) is 24.2. The van der Waals surface area contributed by atoms with Crippen LogP contribution in [0, 0.1) is 23.2 Å². The number of pyridine rings is 1. The smallest absolute Gasteiger partial charge is 0.247 e. The normalized spacial score (nSPS) is 13.6. The Balaban J connectivity index is 1.49. The third kappa shape index (κ3) is 4.70. The molecule has 172 valence electrons. The second-order valence-corrected chi connectivity index (χ2v) is 8.18. The quantitative estimate of drug-likeness (QED) is 0.366. The first-order chi connectivity index (χ1) is 17.1. The third-order valence-electron chi connectivity index (χ3n) is 5.91. The Hall–Kier alpha value is -4.66. The van der Waals surface area contributed by atoms with Crippen LogP contribution in [0.4, 0.5) is 5.69 Å². The first-order valence-electron chi connectivity index (χ1n) is 11.2. The van der Waals surface area contributed by atoms with Gasteiger partial charge < -0.3 is 10.1 Å². The van der Waals surface area contributed by atoms with Gasteiger partial charge in [0.05, 0.1) is 35.1 Å². The van der Waals surface area contributed by atoms with Gasteiger partial charge in [0, 0.05) is 48.0 Å². The number of hydrogen-bond donors (Lipinski definition) is 1. The second-order valence-electron chi connectivity index (χ2n) is 8.18. The van der Waals surface area contributed by atoms with Crippen LogP contribution in [0.3, 0.4) is 0 Å². The van der Waals surface area contributed by atoms with Crippen molar-refractivity contribution in [2.45, 2.75) is 18.9 Å². The molecule has 35 heavy (non-hydrogen) atoms. The van der Waals surface area contributed by atoms with Gasteiger partial charge >= 0.3 is 0 Å². The lowest BCUT2D eigenvalue weighted by molar-refractivity contribution is -0.111. The molecular weight excluding hydrogens is 440 g/mol. The molecule has 1 aromatic carbocycles. The maximum absolute atomic E-state index is 11.5. The summed E-state index contributed by atoms with van der Waals surface area (Å²) in [6.45, 7) is 4.95. The van der Waals surface area contributed by atoms with E-state index in [0.717, 1.165) is 42.7 Å². The van der Waals surface area contributed by atoms with Crippen molar-refractivity contribution in [2.75, 3.05) is 18.5 Å². The summed E-state index contributed by atoms with van der Waals surface area (Å²) in [5, 5.41) is 21.2. The molecule has 4 aromatic rings. The molecule has 4 heterocycles. The zero-order valence-corrected chi connectivity index (χ0v) is 18.9. The lowest BCUT2D eigenvalue weighted by Gasteiger charge is -2.22. The summed E-state index contributed by atoms with van der Waals surface area (Å²) >= 11 is 0. The van der Waals surface area contributed by atoms with Crippen LogP contribution in [0.15, 0.2) is 67.8 Å². The summed E-state index contributed by atoms with van der Waals surface area (Å²) in [6, 6.07) is 11.7. The molecule has 1 fully saturated rings. The molecule has 8 heteroatoms. The highest BCUT2D eigenvalue weighted by Crippen LogP contribution is 2.27. The lowest BCUT2D eigenvalue weighted by atomic mass is 10.1. The van der Waals surface area contributed by atoms with E-state index < -0.39 is 0 Å². The Bertz CT molecular complexity index is 1510. The van der Waals surface area contributed by atoms with E-state index in [9.17, 15) is 10.1 Å². The Labute approximate surface area is 202 Å². The molecule has 8 nitrogen and oxygen atoms in total. The van der Waals surface area contributed by atoms with Crippen molar-refractivity contribution >= 4 is 17.1 Å². The van der Waals surface area contributed by atoms with Crippen molar-refractivity contribution in [3.8, 4) is 29.0 Å². The standard InChI is InChI=1S/C27H22N6O2/c1-2-26(34)31-24-7-4-19(5-8-24)3-6-20-13-21(17-33-27(20)22(14-28)15-30-33)23-16-29-32(18-23)25-9-11-35-12-10-25/h2,4-5,7-8,13,15-18,25H,1,9-12H2,(H,31,34). The number of hydrogen-bond acceptors (Lipinski definition) is 5. The molecule has 0 atom stereocenters. The molecule has 1 N–H and O–H groups in total. The van der Waals surface area contributed by atoms with E-state index >= 15 is 0 Å². The van der Waals surface area contributed by atoms with Crippen molar-refractivity contribution in [3.05, 3.63) is 84.5 Å². The number of nitrogens with one attached hydrogen (secondary N) is 1. The van der Waals surface area contributed by atoms with E-state index in [4.69, 9.17) is 4.74 Å². The van der Waals surface area contributed by atoms with Crippen molar-refractivity contribution in [1.29, 1.82) is 5.26 Å². The van der Waals surface area contributed by atoms with E-state index in [-0.39, 0.29) is 5.91 Å². The number of anilines is 1. The van der Waals surface area contributed by atoms with Gasteiger partial charge in [-0.1, -0.05) is 18.4 Å². The summed E-state index contributed by atoms with van der Waals surface area (Å²) in [4.78, 5) is 11.5. The van der Waals surface area contributed by atoms with E-state index in [0.29, 0.717) is 28.4 Å².